The van der Waals surface area contributed by atoms with Gasteiger partial charge in [0.1, 0.15) is 12.9 Å². The van der Waals surface area contributed by atoms with E-state index in [0.717, 1.165) is 0 Å². The molecule has 0 unspecified atom stereocenters. The van der Waals surface area contributed by atoms with Crippen LogP contribution in [0.2, 0.25) is 0 Å². The number of primary amides is 1. The highest BCUT2D eigenvalue weighted by atomic mass is 16.5. The van der Waals surface area contributed by atoms with Gasteiger partial charge in [-0.05, 0) is 0 Å². The number of carbonyl (C=O) groups excluding carboxylic acids is 1. The molecule has 0 aromatic heterocycles. The molecule has 2 N–H and O–H groups in total. The molecule has 0 aromatic carbocycles. The van der Waals surface area contributed by atoms with Crippen LogP contribution in [0, 0.1) is 0 Å². The largest absolute Gasteiger partial charge is 0.493 e. The molecule has 0 atom stereocenters. The van der Waals surface area contributed by atoms with Crippen LogP contribution < -0.4 is 5.73 Å². The van der Waals surface area contributed by atoms with Gasteiger partial charge in [0.15, 0.2) is 5.70 Å². The zero-order valence-corrected chi connectivity index (χ0v) is 4.70. The van der Waals surface area contributed by atoms with E-state index in [0.29, 0.717) is 6.61 Å². The maximum atomic E-state index is 10.3. The fourth-order valence-electron chi connectivity index (χ4n) is 0.458. The van der Waals surface area contributed by atoms with Gasteiger partial charge in [-0.2, -0.15) is 0 Å². The third kappa shape index (κ3) is 1.28. The molecule has 0 bridgehead atoms. The molecule has 48 valence electrons. The molecule has 1 amide bonds. The minimum absolute atomic E-state index is 0.168. The molecule has 0 saturated carbocycles. The predicted octanol–water partition coefficient (Wildman–Crippen LogP) is -0.586. The third-order valence-electron chi connectivity index (χ3n) is 0.849. The van der Waals surface area contributed by atoms with Crippen molar-refractivity contribution in [2.24, 2.45) is 10.7 Å². The van der Waals surface area contributed by atoms with Crippen LogP contribution in [0.4, 0.5) is 0 Å². The Hall–Kier alpha value is -1.32. The summed E-state index contributed by atoms with van der Waals surface area (Å²) in [7, 11) is 0. The molecule has 0 fully saturated rings. The topological polar surface area (TPSA) is 64.7 Å². The van der Waals surface area contributed by atoms with Gasteiger partial charge in [0.25, 0.3) is 5.91 Å². The van der Waals surface area contributed by atoms with E-state index in [1.165, 1.54) is 12.5 Å². The van der Waals surface area contributed by atoms with Gasteiger partial charge in [-0.3, -0.25) is 4.79 Å². The lowest BCUT2D eigenvalue weighted by atomic mass is 10.4. The summed E-state index contributed by atoms with van der Waals surface area (Å²) in [6, 6.07) is 0. The first kappa shape index (κ1) is 5.81. The maximum Gasteiger partial charge on any atom is 0.270 e. The first-order valence-corrected chi connectivity index (χ1v) is 2.45. The summed E-state index contributed by atoms with van der Waals surface area (Å²) < 4.78 is 4.73. The van der Waals surface area contributed by atoms with E-state index < -0.39 is 5.91 Å². The Labute approximate surface area is 52.0 Å². The van der Waals surface area contributed by atoms with Crippen LogP contribution in [0.15, 0.2) is 17.0 Å². The molecule has 1 aliphatic rings. The van der Waals surface area contributed by atoms with Gasteiger partial charge in [-0.1, -0.05) is 0 Å². The highest BCUT2D eigenvalue weighted by Crippen LogP contribution is 1.98. The molecule has 4 nitrogen and oxygen atoms in total. The monoisotopic (exact) mass is 126 g/mol. The number of carbonyl (C=O) groups is 1. The lowest BCUT2D eigenvalue weighted by Gasteiger charge is -2.01. The van der Waals surface area contributed by atoms with Crippen LogP contribution in [0.3, 0.4) is 0 Å². The Morgan fingerprint density at radius 3 is 3.00 bits per heavy atom. The average molecular weight is 126 g/mol. The maximum absolute atomic E-state index is 10.3. The van der Waals surface area contributed by atoms with Crippen LogP contribution in [0.1, 0.15) is 0 Å². The van der Waals surface area contributed by atoms with E-state index in [4.69, 9.17) is 10.5 Å². The summed E-state index contributed by atoms with van der Waals surface area (Å²) in [5.74, 6) is -0.564. The zero-order valence-electron chi connectivity index (χ0n) is 4.70. The molecular weight excluding hydrogens is 120 g/mol. The van der Waals surface area contributed by atoms with Crippen LogP contribution >= 0.6 is 0 Å². The normalized spacial score (nSPS) is 16.2. The van der Waals surface area contributed by atoms with Crippen molar-refractivity contribution in [3.8, 4) is 0 Å². The van der Waals surface area contributed by atoms with Gasteiger partial charge in [0.2, 0.25) is 0 Å². The zero-order chi connectivity index (χ0) is 6.69. The summed E-state index contributed by atoms with van der Waals surface area (Å²) in [5, 5.41) is 0. The second kappa shape index (κ2) is 2.30. The number of hydrogen-bond donors (Lipinski definition) is 1. The molecule has 0 aliphatic carbocycles. The Bertz CT molecular complexity index is 183. The smallest absolute Gasteiger partial charge is 0.270 e. The summed E-state index contributed by atoms with van der Waals surface area (Å²) >= 11 is 0. The fraction of sp³-hybridized carbons (Fsp3) is 0.200. The van der Waals surface area contributed by atoms with Gasteiger partial charge >= 0.3 is 0 Å². The lowest BCUT2D eigenvalue weighted by Crippen LogP contribution is -2.15. The number of amides is 1. The van der Waals surface area contributed by atoms with Gasteiger partial charge in [0.05, 0.1) is 0 Å². The van der Waals surface area contributed by atoms with Crippen molar-refractivity contribution in [3.63, 3.8) is 0 Å². The molecule has 1 rings (SSSR count). The van der Waals surface area contributed by atoms with Crippen LogP contribution in [0.5, 0.6) is 0 Å². The van der Waals surface area contributed by atoms with Crippen LogP contribution in [0.25, 0.3) is 0 Å². The van der Waals surface area contributed by atoms with E-state index in [-0.39, 0.29) is 5.70 Å². The van der Waals surface area contributed by atoms with Crippen LogP contribution in [-0.2, 0) is 9.53 Å². The summed E-state index contributed by atoms with van der Waals surface area (Å²) in [6.07, 6.45) is 2.74. The molecule has 1 aliphatic heterocycles. The molecule has 0 saturated heterocycles. The second-order valence-corrected chi connectivity index (χ2v) is 1.51. The minimum Gasteiger partial charge on any atom is -0.493 e. The second-order valence-electron chi connectivity index (χ2n) is 1.51. The molecule has 0 aromatic rings. The van der Waals surface area contributed by atoms with Crippen molar-refractivity contribution < 1.29 is 9.53 Å². The Morgan fingerprint density at radius 1 is 1.89 bits per heavy atom. The van der Waals surface area contributed by atoms with E-state index in [9.17, 15) is 4.79 Å². The van der Waals surface area contributed by atoms with Crippen LogP contribution in [-0.4, -0.2) is 18.7 Å². The van der Waals surface area contributed by atoms with E-state index in [2.05, 4.69) is 4.99 Å². The van der Waals surface area contributed by atoms with E-state index in [1.54, 1.807) is 0 Å². The van der Waals surface area contributed by atoms with Crippen molar-refractivity contribution in [3.05, 3.63) is 12.0 Å². The number of rotatable bonds is 1. The Balaban J connectivity index is 2.69. The number of ether oxygens (including phenoxy) is 1. The molecule has 1 heterocycles. The van der Waals surface area contributed by atoms with Gasteiger partial charge in [-0.15, -0.1) is 0 Å². The van der Waals surface area contributed by atoms with Crippen molar-refractivity contribution in [1.29, 1.82) is 0 Å². The number of nitrogens with zero attached hydrogens (tertiary/aromatic N) is 1. The Kier molecular flexibility index (Phi) is 1.48. The standard InChI is InChI=1S/C5H6N2O2/c6-5(8)4-3-9-2-1-7-4/h1,3H,2H2,(H2,6,8). The quantitative estimate of drug-likeness (QED) is 0.510. The average Bonchev–Trinajstić information content (AvgIpc) is 1.90. The first-order valence-electron chi connectivity index (χ1n) is 2.45. The van der Waals surface area contributed by atoms with Gasteiger partial charge in [0, 0.05) is 6.21 Å². The molecule has 0 radical (unpaired) electrons. The van der Waals surface area contributed by atoms with Gasteiger partial charge < -0.3 is 10.5 Å². The summed E-state index contributed by atoms with van der Waals surface area (Å²) in [4.78, 5) is 14.0. The van der Waals surface area contributed by atoms with Crippen molar-refractivity contribution in [2.45, 2.75) is 0 Å². The molecule has 4 heteroatoms. The highest BCUT2D eigenvalue weighted by molar-refractivity contribution is 5.93. The van der Waals surface area contributed by atoms with Gasteiger partial charge in [-0.25, -0.2) is 4.99 Å². The van der Waals surface area contributed by atoms with E-state index in [1.807, 2.05) is 0 Å². The number of aliphatic imine (C=N–C) groups is 1. The first-order chi connectivity index (χ1) is 4.30. The van der Waals surface area contributed by atoms with Crippen molar-refractivity contribution in [1.82, 2.24) is 0 Å². The fourth-order valence-corrected chi connectivity index (χ4v) is 0.458. The molecular formula is C5H6N2O2. The van der Waals surface area contributed by atoms with E-state index >= 15 is 0 Å². The SMILES string of the molecule is NC(=O)C1=COCC=N1. The number of nitrogens with two attached hydrogens (primary N) is 1. The number of hydrogen-bond acceptors (Lipinski definition) is 3. The molecule has 9 heavy (non-hydrogen) atoms. The summed E-state index contributed by atoms with van der Waals surface area (Å²) in [5.41, 5.74) is 5.03. The summed E-state index contributed by atoms with van der Waals surface area (Å²) in [6.45, 7) is 0.413. The van der Waals surface area contributed by atoms with Crippen molar-refractivity contribution in [2.75, 3.05) is 6.61 Å². The minimum atomic E-state index is -0.564. The highest BCUT2D eigenvalue weighted by Gasteiger charge is 2.03. The lowest BCUT2D eigenvalue weighted by molar-refractivity contribution is -0.114. The third-order valence-corrected chi connectivity index (χ3v) is 0.849. The van der Waals surface area contributed by atoms with Crippen molar-refractivity contribution >= 4 is 12.1 Å². The Morgan fingerprint density at radius 2 is 2.67 bits per heavy atom. The molecule has 0 spiro atoms. The predicted molar refractivity (Wildman–Crippen MR) is 31.7 cm³/mol.